The molecule has 4 nitrogen and oxygen atoms in total. The predicted octanol–water partition coefficient (Wildman–Crippen LogP) is 2.53. The first-order valence-corrected chi connectivity index (χ1v) is 7.08. The Bertz CT molecular complexity index is 337. The summed E-state index contributed by atoms with van der Waals surface area (Å²) in [5.41, 5.74) is 0. The van der Waals surface area contributed by atoms with Crippen molar-refractivity contribution in [3.63, 3.8) is 0 Å². The van der Waals surface area contributed by atoms with Gasteiger partial charge in [-0.25, -0.2) is 9.97 Å². The van der Waals surface area contributed by atoms with Crippen molar-refractivity contribution < 1.29 is 0 Å². The molecule has 0 saturated carbocycles. The molecule has 1 aromatic rings. The van der Waals surface area contributed by atoms with Crippen LogP contribution >= 0.6 is 15.9 Å². The first-order valence-electron chi connectivity index (χ1n) is 6.28. The number of aromatic nitrogens is 2. The zero-order valence-electron chi connectivity index (χ0n) is 10.0. The first-order chi connectivity index (χ1) is 8.34. The molecule has 94 valence electrons. The van der Waals surface area contributed by atoms with E-state index >= 15 is 0 Å². The number of hydrogen-bond acceptors (Lipinski definition) is 4. The maximum atomic E-state index is 4.17. The molecule has 0 radical (unpaired) electrons. The SMILES string of the molecule is Brc1cc(NCCN2CCCCCC2)ncn1. The van der Waals surface area contributed by atoms with Gasteiger partial charge < -0.3 is 10.2 Å². The lowest BCUT2D eigenvalue weighted by atomic mass is 10.2. The zero-order valence-corrected chi connectivity index (χ0v) is 11.6. The number of nitrogens with one attached hydrogen (secondary N) is 1. The molecule has 1 saturated heterocycles. The molecule has 1 N–H and O–H groups in total. The van der Waals surface area contributed by atoms with Crippen molar-refractivity contribution in [1.82, 2.24) is 14.9 Å². The van der Waals surface area contributed by atoms with Crippen LogP contribution in [0.3, 0.4) is 0 Å². The molecule has 1 aromatic heterocycles. The van der Waals surface area contributed by atoms with Gasteiger partial charge >= 0.3 is 0 Å². The molecule has 1 aliphatic rings. The minimum Gasteiger partial charge on any atom is -0.369 e. The summed E-state index contributed by atoms with van der Waals surface area (Å²) in [4.78, 5) is 10.7. The van der Waals surface area contributed by atoms with Gasteiger partial charge in [0.25, 0.3) is 0 Å². The first kappa shape index (κ1) is 12.8. The third kappa shape index (κ3) is 4.60. The number of rotatable bonds is 4. The van der Waals surface area contributed by atoms with Crippen molar-refractivity contribution in [2.24, 2.45) is 0 Å². The van der Waals surface area contributed by atoms with E-state index in [1.807, 2.05) is 6.07 Å². The van der Waals surface area contributed by atoms with Crippen molar-refractivity contribution in [3.8, 4) is 0 Å². The van der Waals surface area contributed by atoms with E-state index in [1.165, 1.54) is 38.8 Å². The van der Waals surface area contributed by atoms with E-state index in [0.717, 1.165) is 23.5 Å². The molecular weight excluding hydrogens is 280 g/mol. The van der Waals surface area contributed by atoms with Crippen LogP contribution < -0.4 is 5.32 Å². The molecule has 1 fully saturated rings. The average Bonchev–Trinajstić information content (AvgIpc) is 2.58. The Morgan fingerprint density at radius 3 is 2.65 bits per heavy atom. The van der Waals surface area contributed by atoms with Gasteiger partial charge in [0.05, 0.1) is 0 Å². The minimum absolute atomic E-state index is 0.824. The van der Waals surface area contributed by atoms with E-state index in [2.05, 4.69) is 36.1 Å². The summed E-state index contributed by atoms with van der Waals surface area (Å²) in [5.74, 6) is 0.890. The smallest absolute Gasteiger partial charge is 0.130 e. The molecule has 0 aromatic carbocycles. The van der Waals surface area contributed by atoms with Gasteiger partial charge in [0.15, 0.2) is 0 Å². The molecule has 0 amide bonds. The van der Waals surface area contributed by atoms with Crippen molar-refractivity contribution >= 4 is 21.7 Å². The molecule has 0 atom stereocenters. The van der Waals surface area contributed by atoms with Crippen LogP contribution in [0.4, 0.5) is 5.82 Å². The Kier molecular flexibility index (Phi) is 5.19. The summed E-state index contributed by atoms with van der Waals surface area (Å²) in [5, 5.41) is 3.33. The van der Waals surface area contributed by atoms with E-state index in [0.29, 0.717) is 0 Å². The highest BCUT2D eigenvalue weighted by atomic mass is 79.9. The monoisotopic (exact) mass is 298 g/mol. The fourth-order valence-corrected chi connectivity index (χ4v) is 2.44. The van der Waals surface area contributed by atoms with E-state index in [4.69, 9.17) is 0 Å². The Morgan fingerprint density at radius 2 is 1.94 bits per heavy atom. The van der Waals surface area contributed by atoms with Crippen LogP contribution in [0.1, 0.15) is 25.7 Å². The third-order valence-electron chi connectivity index (χ3n) is 3.07. The second-order valence-corrected chi connectivity index (χ2v) is 5.22. The quantitative estimate of drug-likeness (QED) is 0.867. The van der Waals surface area contributed by atoms with Crippen LogP contribution in [0.15, 0.2) is 17.0 Å². The summed E-state index contributed by atoms with van der Waals surface area (Å²) in [6.45, 7) is 4.54. The van der Waals surface area contributed by atoms with Gasteiger partial charge in [-0.05, 0) is 41.9 Å². The van der Waals surface area contributed by atoms with E-state index < -0.39 is 0 Å². The highest BCUT2D eigenvalue weighted by Crippen LogP contribution is 2.10. The number of nitrogens with zero attached hydrogens (tertiary/aromatic N) is 3. The lowest BCUT2D eigenvalue weighted by Crippen LogP contribution is -2.30. The van der Waals surface area contributed by atoms with Crippen LogP contribution in [-0.2, 0) is 0 Å². The summed E-state index contributed by atoms with van der Waals surface area (Å²) in [7, 11) is 0. The van der Waals surface area contributed by atoms with E-state index in [9.17, 15) is 0 Å². The molecular formula is C12H19BrN4. The van der Waals surface area contributed by atoms with Gasteiger partial charge in [-0.1, -0.05) is 12.8 Å². The van der Waals surface area contributed by atoms with Gasteiger partial charge in [-0.3, -0.25) is 0 Å². The molecule has 5 heteroatoms. The minimum atomic E-state index is 0.824. The molecule has 17 heavy (non-hydrogen) atoms. The Balaban J connectivity index is 1.71. The van der Waals surface area contributed by atoms with Crippen molar-refractivity contribution in [1.29, 1.82) is 0 Å². The molecule has 0 spiro atoms. The second-order valence-electron chi connectivity index (χ2n) is 4.41. The summed E-state index contributed by atoms with van der Waals surface area (Å²) in [6, 6.07) is 1.91. The summed E-state index contributed by atoms with van der Waals surface area (Å²) < 4.78 is 0.824. The van der Waals surface area contributed by atoms with Crippen LogP contribution in [0.25, 0.3) is 0 Å². The summed E-state index contributed by atoms with van der Waals surface area (Å²) >= 11 is 3.34. The zero-order chi connectivity index (χ0) is 11.9. The van der Waals surface area contributed by atoms with Gasteiger partial charge in [-0.2, -0.15) is 0 Å². The van der Waals surface area contributed by atoms with Gasteiger partial charge in [-0.15, -0.1) is 0 Å². The van der Waals surface area contributed by atoms with Gasteiger partial charge in [0, 0.05) is 19.2 Å². The molecule has 2 rings (SSSR count). The van der Waals surface area contributed by atoms with Crippen molar-refractivity contribution in [2.45, 2.75) is 25.7 Å². The van der Waals surface area contributed by atoms with Gasteiger partial charge in [0.1, 0.15) is 16.7 Å². The average molecular weight is 299 g/mol. The fourth-order valence-electron chi connectivity index (χ4n) is 2.13. The molecule has 0 bridgehead atoms. The van der Waals surface area contributed by atoms with Crippen molar-refractivity contribution in [3.05, 3.63) is 17.0 Å². The maximum Gasteiger partial charge on any atom is 0.130 e. The van der Waals surface area contributed by atoms with Crippen LogP contribution in [0.5, 0.6) is 0 Å². The third-order valence-corrected chi connectivity index (χ3v) is 3.50. The maximum absolute atomic E-state index is 4.17. The number of hydrogen-bond donors (Lipinski definition) is 1. The van der Waals surface area contributed by atoms with Crippen LogP contribution in [-0.4, -0.2) is 41.0 Å². The second kappa shape index (κ2) is 6.91. The Labute approximate surface area is 111 Å². The van der Waals surface area contributed by atoms with Crippen LogP contribution in [0, 0.1) is 0 Å². The largest absolute Gasteiger partial charge is 0.369 e. The molecule has 0 unspecified atom stereocenters. The molecule has 0 aliphatic carbocycles. The van der Waals surface area contributed by atoms with Crippen molar-refractivity contribution in [2.75, 3.05) is 31.5 Å². The van der Waals surface area contributed by atoms with E-state index in [-0.39, 0.29) is 0 Å². The number of likely N-dealkylation sites (tertiary alicyclic amines) is 1. The number of halogens is 1. The Hall–Kier alpha value is -0.680. The molecule has 2 heterocycles. The van der Waals surface area contributed by atoms with Crippen LogP contribution in [0.2, 0.25) is 0 Å². The standard InChI is InChI=1S/C12H19BrN4/c13-11-9-12(16-10-15-11)14-5-8-17-6-3-1-2-4-7-17/h9-10H,1-8H2,(H,14,15,16). The molecule has 1 aliphatic heterocycles. The lowest BCUT2D eigenvalue weighted by Gasteiger charge is -2.19. The van der Waals surface area contributed by atoms with E-state index in [1.54, 1.807) is 6.33 Å². The highest BCUT2D eigenvalue weighted by molar-refractivity contribution is 9.10. The number of anilines is 1. The Morgan fingerprint density at radius 1 is 1.18 bits per heavy atom. The predicted molar refractivity (Wildman–Crippen MR) is 73.1 cm³/mol. The van der Waals surface area contributed by atoms with Gasteiger partial charge in [0.2, 0.25) is 0 Å². The fraction of sp³-hybridized carbons (Fsp3) is 0.667. The highest BCUT2D eigenvalue weighted by Gasteiger charge is 2.08. The summed E-state index contributed by atoms with van der Waals surface area (Å²) in [6.07, 6.45) is 7.04. The normalized spacial score (nSPS) is 17.7. The lowest BCUT2D eigenvalue weighted by molar-refractivity contribution is 0.296. The topological polar surface area (TPSA) is 41.0 Å².